The molecule has 3 aliphatic rings. The molecule has 0 saturated carbocycles. The zero-order valence-electron chi connectivity index (χ0n) is 27.5. The summed E-state index contributed by atoms with van der Waals surface area (Å²) >= 11 is 0. The monoisotopic (exact) mass is 670 g/mol. The quantitative estimate of drug-likeness (QED) is 0.183. The van der Waals surface area contributed by atoms with Gasteiger partial charge in [-0.05, 0) is 43.9 Å². The maximum atomic E-state index is 14.9. The molecule has 3 aromatic rings. The van der Waals surface area contributed by atoms with E-state index in [0.717, 1.165) is 5.52 Å². The number of carbonyl (C=O) groups excluding carboxylic acids is 4. The third-order valence-electron chi connectivity index (χ3n) is 9.80. The Morgan fingerprint density at radius 2 is 1.92 bits per heavy atom. The minimum Gasteiger partial charge on any atom is -0.460 e. The van der Waals surface area contributed by atoms with Crippen LogP contribution in [0.4, 0.5) is 0 Å². The standard InChI is InChI=1S/C36H42N6O7/c1-4-6-16-29(44)37-20-23(3)48-35(47)30-28-17-18-36(49-28)31(30)33(45)42(27(21-43)24-12-8-7-9-13-24)32(36)34(46)40(19-5-2)22-41-26-15-11-10-14-25(26)38-39-41/h4-5,7-15,23,27-28,30-32,43H,1-2,6,16-22H2,3H3,(H,37,44)/t23-,27-,28-,30+,31+,32-,36+/m1/s1. The minimum absolute atomic E-state index is 0.0186. The van der Waals surface area contributed by atoms with Crippen molar-refractivity contribution in [2.45, 2.75) is 69.2 Å². The van der Waals surface area contributed by atoms with Crippen molar-refractivity contribution < 1.29 is 33.8 Å². The number of rotatable bonds is 15. The van der Waals surface area contributed by atoms with Gasteiger partial charge in [0.25, 0.3) is 0 Å². The molecule has 0 radical (unpaired) electrons. The summed E-state index contributed by atoms with van der Waals surface area (Å²) in [6, 6.07) is 14.4. The van der Waals surface area contributed by atoms with Crippen LogP contribution in [0.5, 0.6) is 0 Å². The first kappa shape index (κ1) is 34.0. The van der Waals surface area contributed by atoms with Crippen LogP contribution in [0.3, 0.4) is 0 Å². The van der Waals surface area contributed by atoms with E-state index in [-0.39, 0.29) is 32.1 Å². The Morgan fingerprint density at radius 3 is 2.65 bits per heavy atom. The number of nitrogens with one attached hydrogen (secondary N) is 1. The van der Waals surface area contributed by atoms with E-state index in [1.54, 1.807) is 48.0 Å². The third kappa shape index (κ3) is 6.24. The lowest BCUT2D eigenvalue weighted by atomic mass is 9.70. The zero-order chi connectivity index (χ0) is 34.7. The van der Waals surface area contributed by atoms with Crippen molar-refractivity contribution in [2.75, 3.05) is 19.7 Å². The van der Waals surface area contributed by atoms with Gasteiger partial charge in [0.05, 0.1) is 42.6 Å². The molecule has 3 fully saturated rings. The number of nitrogens with zero attached hydrogens (tertiary/aromatic N) is 5. The molecular formula is C36H42N6O7. The van der Waals surface area contributed by atoms with Gasteiger partial charge in [0.2, 0.25) is 17.7 Å². The number of aliphatic hydroxyl groups excluding tert-OH is 1. The number of ether oxygens (including phenoxy) is 2. The predicted octanol–water partition coefficient (Wildman–Crippen LogP) is 2.53. The SMILES string of the molecule is C=CCCC(=O)NC[C@@H](C)OC(=O)[C@@H]1[C@H]2C(=O)N([C@H](CO)c3ccccc3)[C@H](C(=O)N(CC=C)Cn3nnc4ccccc43)[C@]23CC[C@H]1O3. The molecule has 0 unspecified atom stereocenters. The van der Waals surface area contributed by atoms with E-state index in [9.17, 15) is 24.3 Å². The summed E-state index contributed by atoms with van der Waals surface area (Å²) in [4.78, 5) is 58.5. The fourth-order valence-corrected chi connectivity index (χ4v) is 7.63. The minimum atomic E-state index is -1.34. The number of carbonyl (C=O) groups is 4. The Hall–Kier alpha value is -4.88. The second-order valence-corrected chi connectivity index (χ2v) is 12.9. The topological polar surface area (TPSA) is 156 Å². The van der Waals surface area contributed by atoms with E-state index in [1.165, 1.54) is 9.80 Å². The first-order valence-corrected chi connectivity index (χ1v) is 16.7. The van der Waals surface area contributed by atoms with Crippen LogP contribution < -0.4 is 5.32 Å². The number of para-hydroxylation sites is 1. The Bertz CT molecular complexity index is 1730. The molecule has 0 aliphatic carbocycles. The van der Waals surface area contributed by atoms with Crippen LogP contribution in [0.15, 0.2) is 79.9 Å². The summed E-state index contributed by atoms with van der Waals surface area (Å²) in [6.07, 6.45) is 3.55. The summed E-state index contributed by atoms with van der Waals surface area (Å²) in [5.41, 5.74) is 0.694. The molecule has 7 atom stereocenters. The molecular weight excluding hydrogens is 628 g/mol. The Labute approximate surface area is 284 Å². The van der Waals surface area contributed by atoms with Crippen LogP contribution in [-0.4, -0.2) is 97.1 Å². The van der Waals surface area contributed by atoms with Gasteiger partial charge in [-0.2, -0.15) is 0 Å². The van der Waals surface area contributed by atoms with Crippen molar-refractivity contribution in [2.24, 2.45) is 11.8 Å². The molecule has 6 rings (SSSR count). The van der Waals surface area contributed by atoms with E-state index in [0.29, 0.717) is 30.3 Å². The fourth-order valence-electron chi connectivity index (χ4n) is 7.63. The lowest BCUT2D eigenvalue weighted by Crippen LogP contribution is -2.57. The molecule has 13 nitrogen and oxygen atoms in total. The Balaban J connectivity index is 1.33. The Kier molecular flexibility index (Phi) is 9.93. The van der Waals surface area contributed by atoms with Crippen LogP contribution in [0.1, 0.15) is 44.2 Å². The van der Waals surface area contributed by atoms with Crippen LogP contribution in [0, 0.1) is 11.8 Å². The van der Waals surface area contributed by atoms with Crippen molar-refractivity contribution in [1.29, 1.82) is 0 Å². The number of hydrogen-bond acceptors (Lipinski definition) is 9. The highest BCUT2D eigenvalue weighted by atomic mass is 16.6. The lowest BCUT2D eigenvalue weighted by Gasteiger charge is -2.39. The summed E-state index contributed by atoms with van der Waals surface area (Å²) in [5.74, 6) is -3.68. The van der Waals surface area contributed by atoms with E-state index < -0.39 is 66.1 Å². The van der Waals surface area contributed by atoms with E-state index in [1.807, 2.05) is 30.3 Å². The van der Waals surface area contributed by atoms with E-state index in [2.05, 4.69) is 28.8 Å². The smallest absolute Gasteiger partial charge is 0.312 e. The lowest BCUT2D eigenvalue weighted by molar-refractivity contribution is -0.160. The number of aliphatic hydroxyl groups is 1. The van der Waals surface area contributed by atoms with Crippen molar-refractivity contribution in [3.05, 3.63) is 85.5 Å². The number of likely N-dealkylation sites (tertiary alicyclic amines) is 1. The molecule has 258 valence electrons. The first-order valence-electron chi connectivity index (χ1n) is 16.7. The molecule has 13 heteroatoms. The van der Waals surface area contributed by atoms with Crippen LogP contribution in [-0.2, 0) is 35.3 Å². The van der Waals surface area contributed by atoms with Crippen LogP contribution >= 0.6 is 0 Å². The van der Waals surface area contributed by atoms with Gasteiger partial charge in [-0.1, -0.05) is 59.8 Å². The van der Waals surface area contributed by atoms with Crippen LogP contribution in [0.25, 0.3) is 11.0 Å². The highest BCUT2D eigenvalue weighted by molar-refractivity contribution is 5.98. The summed E-state index contributed by atoms with van der Waals surface area (Å²) < 4.78 is 14.0. The van der Waals surface area contributed by atoms with Crippen LogP contribution in [0.2, 0.25) is 0 Å². The molecule has 2 N–H and O–H groups in total. The van der Waals surface area contributed by atoms with Gasteiger partial charge >= 0.3 is 5.97 Å². The maximum absolute atomic E-state index is 14.9. The van der Waals surface area contributed by atoms with Gasteiger partial charge in [0.1, 0.15) is 29.9 Å². The highest BCUT2D eigenvalue weighted by Crippen LogP contribution is 2.60. The predicted molar refractivity (Wildman–Crippen MR) is 178 cm³/mol. The normalized spacial score (nSPS) is 25.1. The average Bonchev–Trinajstić information content (AvgIpc) is 3.86. The van der Waals surface area contributed by atoms with E-state index in [4.69, 9.17) is 9.47 Å². The van der Waals surface area contributed by atoms with Gasteiger partial charge in [-0.25, -0.2) is 4.68 Å². The van der Waals surface area contributed by atoms with Crippen molar-refractivity contribution in [3.8, 4) is 0 Å². The van der Waals surface area contributed by atoms with Gasteiger partial charge in [0, 0.05) is 13.0 Å². The number of fused-ring (bicyclic) bond motifs is 2. The first-order chi connectivity index (χ1) is 23.7. The van der Waals surface area contributed by atoms with Gasteiger partial charge < -0.3 is 29.7 Å². The molecule has 2 bridgehead atoms. The molecule has 4 heterocycles. The zero-order valence-corrected chi connectivity index (χ0v) is 27.5. The number of allylic oxidation sites excluding steroid dienone is 1. The van der Waals surface area contributed by atoms with Crippen molar-refractivity contribution in [3.63, 3.8) is 0 Å². The molecule has 3 amide bonds. The maximum Gasteiger partial charge on any atom is 0.312 e. The molecule has 3 aliphatic heterocycles. The highest BCUT2D eigenvalue weighted by Gasteiger charge is 2.75. The molecule has 2 aromatic carbocycles. The summed E-state index contributed by atoms with van der Waals surface area (Å²) in [7, 11) is 0. The Morgan fingerprint density at radius 1 is 1.16 bits per heavy atom. The number of hydrogen-bond donors (Lipinski definition) is 2. The van der Waals surface area contributed by atoms with Gasteiger partial charge in [0.15, 0.2) is 0 Å². The second-order valence-electron chi connectivity index (χ2n) is 12.9. The average molecular weight is 671 g/mol. The third-order valence-corrected chi connectivity index (χ3v) is 9.80. The van der Waals surface area contributed by atoms with Crippen molar-refractivity contribution >= 4 is 34.7 Å². The summed E-state index contributed by atoms with van der Waals surface area (Å²) in [6.45, 7) is 8.95. The fraction of sp³-hybridized carbons (Fsp3) is 0.444. The second kappa shape index (κ2) is 14.3. The largest absolute Gasteiger partial charge is 0.460 e. The number of benzene rings is 2. The number of aromatic nitrogens is 3. The molecule has 3 saturated heterocycles. The van der Waals surface area contributed by atoms with Gasteiger partial charge in [-0.15, -0.1) is 18.3 Å². The number of amides is 3. The number of esters is 1. The van der Waals surface area contributed by atoms with Crippen molar-refractivity contribution in [1.82, 2.24) is 30.1 Å². The molecule has 49 heavy (non-hydrogen) atoms. The summed E-state index contributed by atoms with van der Waals surface area (Å²) in [5, 5.41) is 22.0. The van der Waals surface area contributed by atoms with E-state index >= 15 is 0 Å². The molecule has 1 spiro atoms. The van der Waals surface area contributed by atoms with Gasteiger partial charge in [-0.3, -0.25) is 19.2 Å². The molecule has 1 aromatic heterocycles.